The van der Waals surface area contributed by atoms with Crippen molar-refractivity contribution in [2.45, 2.75) is 13.0 Å². The van der Waals surface area contributed by atoms with E-state index in [9.17, 15) is 14.0 Å². The van der Waals surface area contributed by atoms with Gasteiger partial charge >= 0.3 is 5.97 Å². The molecule has 0 bridgehead atoms. The molecule has 0 spiro atoms. The molecule has 1 unspecified atom stereocenters. The summed E-state index contributed by atoms with van der Waals surface area (Å²) in [7, 11) is 0. The number of benzene rings is 1. The highest BCUT2D eigenvalue weighted by atomic mass is 35.5. The van der Waals surface area contributed by atoms with E-state index < -0.39 is 23.1 Å². The highest BCUT2D eigenvalue weighted by molar-refractivity contribution is 6.64. The lowest BCUT2D eigenvalue weighted by atomic mass is 10.1. The summed E-state index contributed by atoms with van der Waals surface area (Å²) in [6, 6.07) is 5.17. The van der Waals surface area contributed by atoms with E-state index in [0.717, 1.165) is 13.0 Å². The first kappa shape index (κ1) is 11.7. The molecule has 1 aromatic rings. The van der Waals surface area contributed by atoms with Gasteiger partial charge in [-0.15, -0.1) is 0 Å². The van der Waals surface area contributed by atoms with E-state index in [1.54, 1.807) is 0 Å². The van der Waals surface area contributed by atoms with Crippen LogP contribution in [0.1, 0.15) is 18.6 Å². The maximum atomic E-state index is 12.8. The van der Waals surface area contributed by atoms with Crippen LogP contribution < -0.4 is 0 Å². The molecule has 0 N–H and O–H groups in total. The number of hydrogen-bond acceptors (Lipinski definition) is 3. The molecule has 0 heterocycles. The Morgan fingerprint density at radius 3 is 2.60 bits per heavy atom. The van der Waals surface area contributed by atoms with Gasteiger partial charge in [-0.2, -0.15) is 0 Å². The van der Waals surface area contributed by atoms with Gasteiger partial charge in [0.2, 0.25) is 6.10 Å². The summed E-state index contributed by atoms with van der Waals surface area (Å²) in [5, 5.41) is -0.865. The summed E-state index contributed by atoms with van der Waals surface area (Å²) in [6.45, 7) is 1.14. The number of esters is 1. The number of rotatable bonds is 3. The van der Waals surface area contributed by atoms with Crippen molar-refractivity contribution >= 4 is 22.8 Å². The lowest BCUT2D eigenvalue weighted by Gasteiger charge is -2.12. The number of carbonyl (C=O) groups is 2. The van der Waals surface area contributed by atoms with Crippen molar-refractivity contribution in [2.75, 3.05) is 0 Å². The van der Waals surface area contributed by atoms with Gasteiger partial charge in [0.25, 0.3) is 5.24 Å². The van der Waals surface area contributed by atoms with Crippen LogP contribution in [-0.4, -0.2) is 11.2 Å². The zero-order chi connectivity index (χ0) is 11.4. The topological polar surface area (TPSA) is 43.4 Å². The Kier molecular flexibility index (Phi) is 3.80. The standard InChI is InChI=1S/C10H8ClFO3/c1-6(13)15-9(10(11)14)7-3-2-4-8(12)5-7/h2-5,9H,1H3. The Balaban J connectivity index is 2.98. The molecule has 1 atom stereocenters. The fourth-order valence-electron chi connectivity index (χ4n) is 1.08. The molecule has 80 valence electrons. The summed E-state index contributed by atoms with van der Waals surface area (Å²) in [5.74, 6) is -1.18. The molecule has 0 amide bonds. The van der Waals surface area contributed by atoms with E-state index in [2.05, 4.69) is 4.74 Å². The predicted molar refractivity (Wildman–Crippen MR) is 51.8 cm³/mol. The first-order valence-electron chi connectivity index (χ1n) is 4.12. The van der Waals surface area contributed by atoms with Crippen LogP contribution >= 0.6 is 11.6 Å². The van der Waals surface area contributed by atoms with Gasteiger partial charge in [0.05, 0.1) is 0 Å². The summed E-state index contributed by atoms with van der Waals surface area (Å²) in [5.41, 5.74) is 0.213. The number of ether oxygens (including phenoxy) is 1. The monoisotopic (exact) mass is 230 g/mol. The van der Waals surface area contributed by atoms with E-state index >= 15 is 0 Å². The normalized spacial score (nSPS) is 11.9. The van der Waals surface area contributed by atoms with E-state index in [0.29, 0.717) is 0 Å². The van der Waals surface area contributed by atoms with Gasteiger partial charge < -0.3 is 4.74 Å². The summed E-state index contributed by atoms with van der Waals surface area (Å²) >= 11 is 5.24. The van der Waals surface area contributed by atoms with Crippen molar-refractivity contribution in [1.29, 1.82) is 0 Å². The molecule has 1 rings (SSSR count). The minimum atomic E-state index is -1.25. The van der Waals surface area contributed by atoms with Crippen molar-refractivity contribution in [3.63, 3.8) is 0 Å². The first-order chi connectivity index (χ1) is 7.00. The molecule has 1 aromatic carbocycles. The van der Waals surface area contributed by atoms with Crippen molar-refractivity contribution < 1.29 is 18.7 Å². The lowest BCUT2D eigenvalue weighted by molar-refractivity contribution is -0.150. The van der Waals surface area contributed by atoms with Crippen molar-refractivity contribution in [1.82, 2.24) is 0 Å². The smallest absolute Gasteiger partial charge is 0.303 e. The molecule has 0 aliphatic carbocycles. The SMILES string of the molecule is CC(=O)OC(C(=O)Cl)c1cccc(F)c1. The molecule has 3 nitrogen and oxygen atoms in total. The quantitative estimate of drug-likeness (QED) is 0.591. The average molecular weight is 231 g/mol. The second kappa shape index (κ2) is 4.89. The van der Waals surface area contributed by atoms with E-state index in [-0.39, 0.29) is 5.56 Å². The fourth-order valence-corrected chi connectivity index (χ4v) is 1.25. The zero-order valence-corrected chi connectivity index (χ0v) is 8.62. The molecule has 0 saturated heterocycles. The van der Waals surface area contributed by atoms with E-state index in [1.165, 1.54) is 18.2 Å². The second-order valence-electron chi connectivity index (χ2n) is 2.85. The Morgan fingerprint density at radius 1 is 1.47 bits per heavy atom. The second-order valence-corrected chi connectivity index (χ2v) is 3.22. The van der Waals surface area contributed by atoms with Crippen LogP contribution in [0, 0.1) is 5.82 Å². The molecule has 0 radical (unpaired) electrons. The Morgan fingerprint density at radius 2 is 2.13 bits per heavy atom. The molecule has 0 aliphatic heterocycles. The third kappa shape index (κ3) is 3.32. The van der Waals surface area contributed by atoms with Crippen LogP contribution in [0.5, 0.6) is 0 Å². The number of hydrogen-bond donors (Lipinski definition) is 0. The largest absolute Gasteiger partial charge is 0.448 e. The van der Waals surface area contributed by atoms with Gasteiger partial charge in [-0.25, -0.2) is 4.39 Å². The van der Waals surface area contributed by atoms with Gasteiger partial charge in [-0.05, 0) is 23.7 Å². The third-order valence-corrected chi connectivity index (χ3v) is 1.84. The predicted octanol–water partition coefficient (Wildman–Crippen LogP) is 2.20. The summed E-state index contributed by atoms with van der Waals surface area (Å²) < 4.78 is 17.5. The van der Waals surface area contributed by atoms with Gasteiger partial charge in [0.15, 0.2) is 0 Å². The first-order valence-corrected chi connectivity index (χ1v) is 4.50. The maximum absolute atomic E-state index is 12.8. The minimum absolute atomic E-state index is 0.213. The van der Waals surface area contributed by atoms with Crippen molar-refractivity contribution in [3.05, 3.63) is 35.6 Å². The van der Waals surface area contributed by atoms with Gasteiger partial charge in [0.1, 0.15) is 5.82 Å². The molecule has 0 fully saturated rings. The van der Waals surface area contributed by atoms with Crippen molar-refractivity contribution in [3.8, 4) is 0 Å². The number of carbonyl (C=O) groups excluding carboxylic acids is 2. The maximum Gasteiger partial charge on any atom is 0.303 e. The Labute approximate surface area is 90.8 Å². The Hall–Kier alpha value is -1.42. The van der Waals surface area contributed by atoms with Crippen LogP contribution in [0.25, 0.3) is 0 Å². The highest BCUT2D eigenvalue weighted by Gasteiger charge is 2.22. The summed E-state index contributed by atoms with van der Waals surface area (Å²) in [4.78, 5) is 21.6. The average Bonchev–Trinajstić information content (AvgIpc) is 2.13. The molecular weight excluding hydrogens is 223 g/mol. The minimum Gasteiger partial charge on any atom is -0.448 e. The van der Waals surface area contributed by atoms with Crippen LogP contribution in [0.3, 0.4) is 0 Å². The highest BCUT2D eigenvalue weighted by Crippen LogP contribution is 2.21. The fraction of sp³-hybridized carbons (Fsp3) is 0.200. The van der Waals surface area contributed by atoms with E-state index in [4.69, 9.17) is 11.6 Å². The molecule has 0 aliphatic rings. The zero-order valence-electron chi connectivity index (χ0n) is 7.87. The molecule has 0 saturated carbocycles. The van der Waals surface area contributed by atoms with Crippen molar-refractivity contribution in [2.24, 2.45) is 0 Å². The molecule has 15 heavy (non-hydrogen) atoms. The molecular formula is C10H8ClFO3. The van der Waals surface area contributed by atoms with Crippen LogP contribution in [0.2, 0.25) is 0 Å². The van der Waals surface area contributed by atoms with E-state index in [1.807, 2.05) is 0 Å². The lowest BCUT2D eigenvalue weighted by Crippen LogP contribution is -2.14. The van der Waals surface area contributed by atoms with Gasteiger partial charge in [0, 0.05) is 12.5 Å². The van der Waals surface area contributed by atoms with Crippen LogP contribution in [0.4, 0.5) is 4.39 Å². The molecule has 5 heteroatoms. The Bertz CT molecular complexity index is 392. The van der Waals surface area contributed by atoms with Crippen LogP contribution in [-0.2, 0) is 14.3 Å². The summed E-state index contributed by atoms with van der Waals surface area (Å²) in [6.07, 6.45) is -1.25. The van der Waals surface area contributed by atoms with Crippen LogP contribution in [0.15, 0.2) is 24.3 Å². The van der Waals surface area contributed by atoms with Gasteiger partial charge in [-0.1, -0.05) is 12.1 Å². The third-order valence-electron chi connectivity index (χ3n) is 1.64. The molecule has 0 aromatic heterocycles. The van der Waals surface area contributed by atoms with Gasteiger partial charge in [-0.3, -0.25) is 9.59 Å². The number of halogens is 2.